The highest BCUT2D eigenvalue weighted by molar-refractivity contribution is 5.78. The van der Waals surface area contributed by atoms with Crippen molar-refractivity contribution in [2.45, 2.75) is 19.5 Å². The number of pyridine rings is 1. The fraction of sp³-hybridized carbons (Fsp3) is 0.333. The lowest BCUT2D eigenvalue weighted by Crippen LogP contribution is -2.31. The van der Waals surface area contributed by atoms with E-state index in [2.05, 4.69) is 5.10 Å². The molecule has 6 heteroatoms. The van der Waals surface area contributed by atoms with Crippen LogP contribution in [0.15, 0.2) is 41.3 Å². The monoisotopic (exact) mass is 325 g/mol. The van der Waals surface area contributed by atoms with Crippen molar-refractivity contribution in [1.82, 2.24) is 14.3 Å². The van der Waals surface area contributed by atoms with Crippen LogP contribution in [0.5, 0.6) is 5.75 Å². The van der Waals surface area contributed by atoms with E-state index in [-0.39, 0.29) is 11.6 Å². The van der Waals surface area contributed by atoms with Crippen LogP contribution >= 0.6 is 0 Å². The van der Waals surface area contributed by atoms with Crippen molar-refractivity contribution < 1.29 is 9.47 Å². The second-order valence-corrected chi connectivity index (χ2v) is 6.10. The number of aromatic nitrogens is 3. The van der Waals surface area contributed by atoms with Crippen LogP contribution in [0, 0.1) is 6.92 Å². The molecule has 0 aliphatic carbocycles. The molecular weight excluding hydrogens is 306 g/mol. The highest BCUT2D eigenvalue weighted by atomic mass is 16.5. The predicted octanol–water partition coefficient (Wildman–Crippen LogP) is 2.13. The van der Waals surface area contributed by atoms with E-state index in [4.69, 9.17) is 9.47 Å². The lowest BCUT2D eigenvalue weighted by Gasteiger charge is -2.26. The van der Waals surface area contributed by atoms with Gasteiger partial charge in [0.2, 0.25) is 0 Å². The number of hydrogen-bond acceptors (Lipinski definition) is 4. The molecule has 4 rings (SSSR count). The van der Waals surface area contributed by atoms with Crippen molar-refractivity contribution in [3.63, 3.8) is 0 Å². The van der Waals surface area contributed by atoms with Crippen molar-refractivity contribution in [3.05, 3.63) is 58.1 Å². The number of fused-ring (bicyclic) bond motifs is 1. The summed E-state index contributed by atoms with van der Waals surface area (Å²) in [6.45, 7) is 3.80. The van der Waals surface area contributed by atoms with Crippen LogP contribution in [0.2, 0.25) is 0 Å². The van der Waals surface area contributed by atoms with Crippen molar-refractivity contribution in [2.75, 3.05) is 20.3 Å². The Morgan fingerprint density at radius 3 is 2.67 bits per heavy atom. The molecule has 1 aliphatic heterocycles. The number of rotatable bonds is 4. The summed E-state index contributed by atoms with van der Waals surface area (Å²) < 4.78 is 14.1. The van der Waals surface area contributed by atoms with E-state index in [1.807, 2.05) is 41.9 Å². The van der Waals surface area contributed by atoms with Crippen LogP contribution < -0.4 is 10.3 Å². The largest absolute Gasteiger partial charge is 0.497 e. The lowest BCUT2D eigenvalue weighted by molar-refractivity contribution is -0.0266. The summed E-state index contributed by atoms with van der Waals surface area (Å²) in [7, 11) is 1.64. The van der Waals surface area contributed by atoms with Crippen LogP contribution in [0.25, 0.3) is 10.9 Å². The van der Waals surface area contributed by atoms with E-state index < -0.39 is 0 Å². The van der Waals surface area contributed by atoms with E-state index in [1.54, 1.807) is 17.9 Å². The minimum atomic E-state index is -0.00712. The third kappa shape index (κ3) is 2.39. The molecule has 0 saturated carbocycles. The van der Waals surface area contributed by atoms with Gasteiger partial charge in [0.25, 0.3) is 5.56 Å². The molecule has 1 saturated heterocycles. The number of aryl methyl sites for hydroxylation is 1. The van der Waals surface area contributed by atoms with E-state index in [0.717, 1.165) is 22.5 Å². The molecule has 124 valence electrons. The van der Waals surface area contributed by atoms with Gasteiger partial charge < -0.3 is 14.0 Å². The Morgan fingerprint density at radius 1 is 1.29 bits per heavy atom. The molecule has 3 aromatic rings. The molecule has 0 unspecified atom stereocenters. The summed E-state index contributed by atoms with van der Waals surface area (Å²) in [5.74, 6) is 0.808. The van der Waals surface area contributed by atoms with Crippen molar-refractivity contribution in [1.29, 1.82) is 0 Å². The van der Waals surface area contributed by atoms with Gasteiger partial charge in [0, 0.05) is 5.69 Å². The SMILES string of the molecule is COc1ccc(Cn2c(C)cc3c(cnn3C3COC3)c2=O)cc1. The van der Waals surface area contributed by atoms with Gasteiger partial charge in [-0.3, -0.25) is 9.48 Å². The Balaban J connectivity index is 1.74. The summed E-state index contributed by atoms with van der Waals surface area (Å²) in [6.07, 6.45) is 1.67. The number of nitrogens with zero attached hydrogens (tertiary/aromatic N) is 3. The lowest BCUT2D eigenvalue weighted by atomic mass is 10.2. The van der Waals surface area contributed by atoms with Gasteiger partial charge in [-0.15, -0.1) is 0 Å². The minimum Gasteiger partial charge on any atom is -0.497 e. The minimum absolute atomic E-state index is 0.00712. The number of benzene rings is 1. The van der Waals surface area contributed by atoms with Crippen LogP contribution in [0.3, 0.4) is 0 Å². The maximum absolute atomic E-state index is 12.9. The molecule has 6 nitrogen and oxygen atoms in total. The van der Waals surface area contributed by atoms with Crippen molar-refractivity contribution in [2.24, 2.45) is 0 Å². The fourth-order valence-corrected chi connectivity index (χ4v) is 3.03. The zero-order chi connectivity index (χ0) is 16.7. The first-order valence-electron chi connectivity index (χ1n) is 7.95. The third-order valence-electron chi connectivity index (χ3n) is 4.55. The van der Waals surface area contributed by atoms with E-state index in [1.165, 1.54) is 0 Å². The molecule has 24 heavy (non-hydrogen) atoms. The average molecular weight is 325 g/mol. The maximum atomic E-state index is 12.9. The first kappa shape index (κ1) is 15.0. The van der Waals surface area contributed by atoms with E-state index in [0.29, 0.717) is 25.1 Å². The van der Waals surface area contributed by atoms with Crippen LogP contribution in [0.4, 0.5) is 0 Å². The number of hydrogen-bond donors (Lipinski definition) is 0. The molecule has 0 amide bonds. The quantitative estimate of drug-likeness (QED) is 0.737. The highest BCUT2D eigenvalue weighted by Crippen LogP contribution is 2.22. The number of methoxy groups -OCH3 is 1. The Labute approximate surface area is 139 Å². The van der Waals surface area contributed by atoms with Crippen molar-refractivity contribution in [3.8, 4) is 5.75 Å². The van der Waals surface area contributed by atoms with Gasteiger partial charge in [-0.05, 0) is 30.7 Å². The van der Waals surface area contributed by atoms with Gasteiger partial charge in [-0.25, -0.2) is 0 Å². The molecular formula is C18H19N3O3. The van der Waals surface area contributed by atoms with Crippen molar-refractivity contribution >= 4 is 10.9 Å². The zero-order valence-corrected chi connectivity index (χ0v) is 13.7. The molecule has 1 fully saturated rings. The summed E-state index contributed by atoms with van der Waals surface area (Å²) in [5.41, 5.74) is 2.86. The number of ether oxygens (including phenoxy) is 2. The first-order chi connectivity index (χ1) is 11.7. The fourth-order valence-electron chi connectivity index (χ4n) is 3.03. The third-order valence-corrected chi connectivity index (χ3v) is 4.55. The predicted molar refractivity (Wildman–Crippen MR) is 90.7 cm³/mol. The smallest absolute Gasteiger partial charge is 0.262 e. The summed E-state index contributed by atoms with van der Waals surface area (Å²) in [6, 6.07) is 10.0. The van der Waals surface area contributed by atoms with Gasteiger partial charge in [0.1, 0.15) is 5.75 Å². The van der Waals surface area contributed by atoms with E-state index >= 15 is 0 Å². The van der Waals surface area contributed by atoms with Gasteiger partial charge in [-0.1, -0.05) is 12.1 Å². The summed E-state index contributed by atoms with van der Waals surface area (Å²) in [5, 5.41) is 5.05. The topological polar surface area (TPSA) is 58.3 Å². The molecule has 2 aromatic heterocycles. The Bertz CT molecular complexity index is 937. The second kappa shape index (κ2) is 5.79. The highest BCUT2D eigenvalue weighted by Gasteiger charge is 2.24. The average Bonchev–Trinajstić information content (AvgIpc) is 2.94. The summed E-state index contributed by atoms with van der Waals surface area (Å²) in [4.78, 5) is 12.9. The van der Waals surface area contributed by atoms with Gasteiger partial charge in [-0.2, -0.15) is 5.10 Å². The maximum Gasteiger partial charge on any atom is 0.262 e. The Hall–Kier alpha value is -2.60. The second-order valence-electron chi connectivity index (χ2n) is 6.10. The Morgan fingerprint density at radius 2 is 2.04 bits per heavy atom. The Kier molecular flexibility index (Phi) is 3.61. The summed E-state index contributed by atoms with van der Waals surface area (Å²) >= 11 is 0. The molecule has 1 aliphatic rings. The molecule has 3 heterocycles. The molecule has 0 spiro atoms. The molecule has 0 bridgehead atoms. The van der Waals surface area contributed by atoms with Gasteiger partial charge >= 0.3 is 0 Å². The van der Waals surface area contributed by atoms with Gasteiger partial charge in [0.15, 0.2) is 0 Å². The zero-order valence-electron chi connectivity index (χ0n) is 13.7. The van der Waals surface area contributed by atoms with Crippen LogP contribution in [-0.2, 0) is 11.3 Å². The van der Waals surface area contributed by atoms with Crippen LogP contribution in [0.1, 0.15) is 17.3 Å². The molecule has 1 aromatic carbocycles. The normalized spacial score (nSPS) is 14.8. The van der Waals surface area contributed by atoms with Gasteiger partial charge in [0.05, 0.1) is 50.0 Å². The first-order valence-corrected chi connectivity index (χ1v) is 7.95. The molecule has 0 radical (unpaired) electrons. The molecule has 0 atom stereocenters. The standard InChI is InChI=1S/C18H19N3O3/c1-12-7-17-16(8-19-21(17)14-10-24-11-14)18(22)20(12)9-13-3-5-15(23-2)6-4-13/h3-8,14H,9-11H2,1-2H3. The van der Waals surface area contributed by atoms with E-state index in [9.17, 15) is 4.79 Å². The molecule has 0 N–H and O–H groups in total. The van der Waals surface area contributed by atoms with Crippen LogP contribution in [-0.4, -0.2) is 34.7 Å².